The third-order valence-electron chi connectivity index (χ3n) is 3.70. The van der Waals surface area contributed by atoms with Crippen LogP contribution in [-0.2, 0) is 11.2 Å². The quantitative estimate of drug-likeness (QED) is 0.876. The highest BCUT2D eigenvalue weighted by molar-refractivity contribution is 7.09. The van der Waals surface area contributed by atoms with Crippen molar-refractivity contribution in [3.63, 3.8) is 0 Å². The maximum atomic E-state index is 10.2. The molecule has 3 nitrogen and oxygen atoms in total. The molecule has 4 unspecified atom stereocenters. The third kappa shape index (κ3) is 1.90. The van der Waals surface area contributed by atoms with Crippen LogP contribution in [0.3, 0.4) is 0 Å². The molecule has 0 radical (unpaired) electrons. The molecule has 0 aliphatic carbocycles. The normalized spacial score (nSPS) is 34.5. The van der Waals surface area contributed by atoms with Crippen LogP contribution in [0.15, 0.2) is 5.38 Å². The molecule has 4 atom stereocenters. The Bertz CT molecular complexity index is 379. The lowest BCUT2D eigenvalue weighted by atomic mass is 9.84. The molecule has 2 aliphatic rings. The van der Waals surface area contributed by atoms with Gasteiger partial charge in [-0.25, -0.2) is 4.98 Å². The number of hydrogen-bond acceptors (Lipinski definition) is 4. The van der Waals surface area contributed by atoms with Gasteiger partial charge in [0.15, 0.2) is 0 Å². The van der Waals surface area contributed by atoms with E-state index in [4.69, 9.17) is 4.74 Å². The van der Waals surface area contributed by atoms with Gasteiger partial charge in [-0.2, -0.15) is 0 Å². The molecule has 1 N–H and O–H groups in total. The lowest BCUT2D eigenvalue weighted by Crippen LogP contribution is -2.30. The Hall–Kier alpha value is -0.450. The number of aliphatic hydroxyl groups is 1. The SMILES string of the molecule is Cc1csc(CC(O)C2CC3CCC2O3)n1. The molecule has 0 saturated carbocycles. The number of aliphatic hydroxyl groups excluding tert-OH is 1. The van der Waals surface area contributed by atoms with Crippen molar-refractivity contribution in [2.24, 2.45) is 5.92 Å². The smallest absolute Gasteiger partial charge is 0.0954 e. The van der Waals surface area contributed by atoms with Crippen molar-refractivity contribution in [1.29, 1.82) is 0 Å². The third-order valence-corrected chi connectivity index (χ3v) is 4.69. The molecular formula is C12H17NO2S. The van der Waals surface area contributed by atoms with Crippen molar-refractivity contribution < 1.29 is 9.84 Å². The van der Waals surface area contributed by atoms with Gasteiger partial charge < -0.3 is 9.84 Å². The zero-order valence-corrected chi connectivity index (χ0v) is 10.2. The van der Waals surface area contributed by atoms with Gasteiger partial charge in [0, 0.05) is 23.4 Å². The van der Waals surface area contributed by atoms with Crippen molar-refractivity contribution >= 4 is 11.3 Å². The number of rotatable bonds is 3. The molecule has 2 saturated heterocycles. The summed E-state index contributed by atoms with van der Waals surface area (Å²) in [5.74, 6) is 0.336. The van der Waals surface area contributed by atoms with Crippen LogP contribution in [0, 0.1) is 12.8 Å². The summed E-state index contributed by atoms with van der Waals surface area (Å²) in [7, 11) is 0. The molecule has 1 aromatic heterocycles. The van der Waals surface area contributed by atoms with Gasteiger partial charge in [-0.3, -0.25) is 0 Å². The second-order valence-electron chi connectivity index (χ2n) is 4.93. The predicted octanol–water partition coefficient (Wildman–Crippen LogP) is 1.92. The molecule has 0 amide bonds. The molecule has 4 heteroatoms. The predicted molar refractivity (Wildman–Crippen MR) is 62.6 cm³/mol. The Kier molecular flexibility index (Phi) is 2.73. The van der Waals surface area contributed by atoms with E-state index in [9.17, 15) is 5.11 Å². The van der Waals surface area contributed by atoms with E-state index in [0.717, 1.165) is 23.5 Å². The number of aromatic nitrogens is 1. The van der Waals surface area contributed by atoms with Gasteiger partial charge in [-0.15, -0.1) is 11.3 Å². The molecule has 2 bridgehead atoms. The Labute approximate surface area is 99.5 Å². The van der Waals surface area contributed by atoms with Crippen molar-refractivity contribution in [3.8, 4) is 0 Å². The van der Waals surface area contributed by atoms with Crippen LogP contribution in [-0.4, -0.2) is 28.4 Å². The number of aryl methyl sites for hydroxylation is 1. The first-order chi connectivity index (χ1) is 7.72. The second kappa shape index (κ2) is 4.09. The van der Waals surface area contributed by atoms with Crippen LogP contribution in [0.25, 0.3) is 0 Å². The highest BCUT2D eigenvalue weighted by Gasteiger charge is 2.43. The fourth-order valence-electron chi connectivity index (χ4n) is 2.91. The highest BCUT2D eigenvalue weighted by atomic mass is 32.1. The first-order valence-corrected chi connectivity index (χ1v) is 6.85. The van der Waals surface area contributed by atoms with E-state index >= 15 is 0 Å². The Morgan fingerprint density at radius 3 is 3.06 bits per heavy atom. The molecular weight excluding hydrogens is 222 g/mol. The van der Waals surface area contributed by atoms with Crippen LogP contribution >= 0.6 is 11.3 Å². The average molecular weight is 239 g/mol. The van der Waals surface area contributed by atoms with E-state index in [-0.39, 0.29) is 6.10 Å². The number of fused-ring (bicyclic) bond motifs is 2. The second-order valence-corrected chi connectivity index (χ2v) is 5.87. The van der Waals surface area contributed by atoms with Gasteiger partial charge in [0.1, 0.15) is 0 Å². The van der Waals surface area contributed by atoms with Crippen LogP contribution < -0.4 is 0 Å². The van der Waals surface area contributed by atoms with Gasteiger partial charge >= 0.3 is 0 Å². The Morgan fingerprint density at radius 1 is 1.62 bits per heavy atom. The summed E-state index contributed by atoms with van der Waals surface area (Å²) < 4.78 is 5.77. The molecule has 16 heavy (non-hydrogen) atoms. The molecule has 88 valence electrons. The summed E-state index contributed by atoms with van der Waals surface area (Å²) in [6.07, 6.45) is 4.49. The van der Waals surface area contributed by atoms with Crippen molar-refractivity contribution in [1.82, 2.24) is 4.98 Å². The largest absolute Gasteiger partial charge is 0.392 e. The summed E-state index contributed by atoms with van der Waals surface area (Å²) >= 11 is 1.64. The van der Waals surface area contributed by atoms with Gasteiger partial charge in [0.25, 0.3) is 0 Å². The number of ether oxygens (including phenoxy) is 1. The van der Waals surface area contributed by atoms with Gasteiger partial charge in [0.05, 0.1) is 23.3 Å². The molecule has 3 heterocycles. The van der Waals surface area contributed by atoms with Gasteiger partial charge in [0.2, 0.25) is 0 Å². The van der Waals surface area contributed by atoms with E-state index in [0.29, 0.717) is 24.5 Å². The fraction of sp³-hybridized carbons (Fsp3) is 0.750. The van der Waals surface area contributed by atoms with Crippen molar-refractivity contribution in [2.45, 2.75) is 50.9 Å². The van der Waals surface area contributed by atoms with Gasteiger partial charge in [-0.1, -0.05) is 0 Å². The molecule has 0 spiro atoms. The van der Waals surface area contributed by atoms with Crippen molar-refractivity contribution in [3.05, 3.63) is 16.1 Å². The Morgan fingerprint density at radius 2 is 2.50 bits per heavy atom. The average Bonchev–Trinajstić information content (AvgIpc) is 2.93. The summed E-state index contributed by atoms with van der Waals surface area (Å²) in [5.41, 5.74) is 1.05. The molecule has 2 aliphatic heterocycles. The monoisotopic (exact) mass is 239 g/mol. The summed E-state index contributed by atoms with van der Waals surface area (Å²) in [6.45, 7) is 1.99. The highest BCUT2D eigenvalue weighted by Crippen LogP contribution is 2.41. The summed E-state index contributed by atoms with van der Waals surface area (Å²) in [5, 5.41) is 13.3. The summed E-state index contributed by atoms with van der Waals surface area (Å²) in [6, 6.07) is 0. The number of hydrogen-bond donors (Lipinski definition) is 1. The zero-order valence-electron chi connectivity index (χ0n) is 9.43. The van der Waals surface area contributed by atoms with Gasteiger partial charge in [-0.05, 0) is 26.2 Å². The zero-order chi connectivity index (χ0) is 11.1. The lowest BCUT2D eigenvalue weighted by Gasteiger charge is -2.23. The minimum Gasteiger partial charge on any atom is -0.392 e. The van der Waals surface area contributed by atoms with E-state index in [1.165, 1.54) is 6.42 Å². The molecule has 3 rings (SSSR count). The maximum Gasteiger partial charge on any atom is 0.0954 e. The maximum absolute atomic E-state index is 10.2. The van der Waals surface area contributed by atoms with E-state index in [1.807, 2.05) is 12.3 Å². The lowest BCUT2D eigenvalue weighted by molar-refractivity contribution is 0.0431. The van der Waals surface area contributed by atoms with E-state index < -0.39 is 0 Å². The van der Waals surface area contributed by atoms with E-state index in [2.05, 4.69) is 4.98 Å². The molecule has 1 aromatic rings. The van der Waals surface area contributed by atoms with Crippen LogP contribution in [0.2, 0.25) is 0 Å². The minimum atomic E-state index is -0.277. The first-order valence-electron chi connectivity index (χ1n) is 5.97. The summed E-state index contributed by atoms with van der Waals surface area (Å²) in [4.78, 5) is 4.40. The van der Waals surface area contributed by atoms with E-state index in [1.54, 1.807) is 11.3 Å². The fourth-order valence-corrected chi connectivity index (χ4v) is 3.73. The number of thiazole rings is 1. The van der Waals surface area contributed by atoms with Crippen LogP contribution in [0.1, 0.15) is 30.0 Å². The van der Waals surface area contributed by atoms with Crippen molar-refractivity contribution in [2.75, 3.05) is 0 Å². The van der Waals surface area contributed by atoms with Crippen LogP contribution in [0.5, 0.6) is 0 Å². The molecule has 2 fully saturated rings. The standard InChI is InChI=1S/C12H17NO2S/c1-7-6-16-12(13-7)5-10(14)9-4-8-2-3-11(9)15-8/h6,8-11,14H,2-5H2,1H3. The Balaban J connectivity index is 1.63. The molecule has 0 aromatic carbocycles. The topological polar surface area (TPSA) is 42.4 Å². The van der Waals surface area contributed by atoms with Crippen LogP contribution in [0.4, 0.5) is 0 Å². The first kappa shape index (κ1) is 10.7. The number of nitrogens with zero attached hydrogens (tertiary/aromatic N) is 1. The minimum absolute atomic E-state index is 0.277.